The number of hydrogen-bond donors (Lipinski definition) is 1. The van der Waals surface area contributed by atoms with Gasteiger partial charge in [0.05, 0.1) is 11.4 Å². The molecule has 1 N–H and O–H groups in total. The molecule has 5 nitrogen and oxygen atoms in total. The number of sulfonamides is 1. The highest BCUT2D eigenvalue weighted by Crippen LogP contribution is 2.20. The summed E-state index contributed by atoms with van der Waals surface area (Å²) in [6, 6.07) is 19.4. The fourth-order valence-electron chi connectivity index (χ4n) is 2.91. The second kappa shape index (κ2) is 9.19. The molecule has 3 rings (SSSR count). The van der Waals surface area contributed by atoms with Crippen molar-refractivity contribution in [1.29, 1.82) is 0 Å². The molecule has 0 saturated heterocycles. The zero-order chi connectivity index (χ0) is 21.7. The Balaban J connectivity index is 1.87. The molecule has 0 spiro atoms. The number of carbonyl (C=O) groups excluding carboxylic acids is 1. The standard InChI is InChI=1S/C23H23FN2O3S/c1-17-6-10-19(11-7-17)15-26(30(28,29)22-12-8-18(2)9-13-22)16-23(27)25-21-5-3-4-20(24)14-21/h3-14H,15-16H2,1-2H3,(H,25,27). The number of nitrogens with one attached hydrogen (secondary N) is 1. The summed E-state index contributed by atoms with van der Waals surface area (Å²) in [5.41, 5.74) is 3.01. The van der Waals surface area contributed by atoms with Gasteiger partial charge in [-0.15, -0.1) is 0 Å². The lowest BCUT2D eigenvalue weighted by Crippen LogP contribution is -2.37. The molecule has 0 unspecified atom stereocenters. The van der Waals surface area contributed by atoms with E-state index in [1.54, 1.807) is 18.2 Å². The van der Waals surface area contributed by atoms with Crippen molar-refractivity contribution in [3.05, 3.63) is 95.3 Å². The molecule has 0 aliphatic carbocycles. The Morgan fingerprint density at radius 1 is 0.933 bits per heavy atom. The third kappa shape index (κ3) is 5.52. The molecule has 156 valence electrons. The first-order chi connectivity index (χ1) is 14.2. The fourth-order valence-corrected chi connectivity index (χ4v) is 4.29. The molecule has 0 saturated carbocycles. The van der Waals surface area contributed by atoms with Gasteiger partial charge in [-0.25, -0.2) is 12.8 Å². The zero-order valence-corrected chi connectivity index (χ0v) is 17.6. The molecule has 1 amide bonds. The van der Waals surface area contributed by atoms with Crippen LogP contribution in [0.15, 0.2) is 77.7 Å². The topological polar surface area (TPSA) is 66.5 Å². The highest BCUT2D eigenvalue weighted by molar-refractivity contribution is 7.89. The second-order valence-electron chi connectivity index (χ2n) is 7.13. The number of carbonyl (C=O) groups is 1. The number of anilines is 1. The van der Waals surface area contributed by atoms with Crippen molar-refractivity contribution in [2.45, 2.75) is 25.3 Å². The number of halogens is 1. The van der Waals surface area contributed by atoms with E-state index in [0.29, 0.717) is 0 Å². The summed E-state index contributed by atoms with van der Waals surface area (Å²) in [6.07, 6.45) is 0. The zero-order valence-electron chi connectivity index (χ0n) is 16.8. The third-order valence-electron chi connectivity index (χ3n) is 4.57. The Kier molecular flexibility index (Phi) is 6.64. The van der Waals surface area contributed by atoms with Crippen LogP contribution < -0.4 is 5.32 Å². The van der Waals surface area contributed by atoms with Crippen molar-refractivity contribution in [3.63, 3.8) is 0 Å². The van der Waals surface area contributed by atoms with Crippen molar-refractivity contribution in [2.24, 2.45) is 0 Å². The van der Waals surface area contributed by atoms with Crippen LogP contribution in [0.1, 0.15) is 16.7 Å². The van der Waals surface area contributed by atoms with Crippen LogP contribution in [0.4, 0.5) is 10.1 Å². The molecule has 0 aliphatic heterocycles. The predicted molar refractivity (Wildman–Crippen MR) is 115 cm³/mol. The van der Waals surface area contributed by atoms with E-state index in [4.69, 9.17) is 0 Å². The summed E-state index contributed by atoms with van der Waals surface area (Å²) in [6.45, 7) is 3.44. The summed E-state index contributed by atoms with van der Waals surface area (Å²) >= 11 is 0. The molecule has 30 heavy (non-hydrogen) atoms. The van der Waals surface area contributed by atoms with Crippen LogP contribution in [0.25, 0.3) is 0 Å². The maximum absolute atomic E-state index is 13.4. The Morgan fingerprint density at radius 3 is 2.13 bits per heavy atom. The Labute approximate surface area is 176 Å². The van der Waals surface area contributed by atoms with Gasteiger partial charge in [0.25, 0.3) is 0 Å². The van der Waals surface area contributed by atoms with Crippen LogP contribution in [-0.2, 0) is 21.4 Å². The van der Waals surface area contributed by atoms with Crippen LogP contribution >= 0.6 is 0 Å². The van der Waals surface area contributed by atoms with Gasteiger partial charge in [0, 0.05) is 12.2 Å². The highest BCUT2D eigenvalue weighted by atomic mass is 32.2. The summed E-state index contributed by atoms with van der Waals surface area (Å²) in [7, 11) is -3.92. The first-order valence-corrected chi connectivity index (χ1v) is 10.9. The summed E-state index contributed by atoms with van der Waals surface area (Å²) in [5.74, 6) is -1.04. The van der Waals surface area contributed by atoms with E-state index < -0.39 is 28.3 Å². The molecule has 0 fully saturated rings. The van der Waals surface area contributed by atoms with E-state index in [1.165, 1.54) is 30.3 Å². The van der Waals surface area contributed by atoms with Crippen LogP contribution in [0.5, 0.6) is 0 Å². The molecule has 0 radical (unpaired) electrons. The molecule has 0 aliphatic rings. The van der Waals surface area contributed by atoms with Gasteiger partial charge in [0.15, 0.2) is 0 Å². The predicted octanol–water partition coefficient (Wildman–Crippen LogP) is 4.27. The van der Waals surface area contributed by atoms with Crippen molar-refractivity contribution >= 4 is 21.6 Å². The normalized spacial score (nSPS) is 11.5. The summed E-state index contributed by atoms with van der Waals surface area (Å²) < 4.78 is 41.0. The molecule has 0 atom stereocenters. The van der Waals surface area contributed by atoms with Gasteiger partial charge in [0.2, 0.25) is 15.9 Å². The first kappa shape index (κ1) is 21.7. The number of benzene rings is 3. The smallest absolute Gasteiger partial charge is 0.243 e. The summed E-state index contributed by atoms with van der Waals surface area (Å²) in [5, 5.41) is 2.56. The quantitative estimate of drug-likeness (QED) is 0.614. The number of hydrogen-bond acceptors (Lipinski definition) is 3. The maximum atomic E-state index is 13.4. The van der Waals surface area contributed by atoms with E-state index in [9.17, 15) is 17.6 Å². The van der Waals surface area contributed by atoms with Crippen LogP contribution in [0, 0.1) is 19.7 Å². The maximum Gasteiger partial charge on any atom is 0.243 e. The lowest BCUT2D eigenvalue weighted by Gasteiger charge is -2.22. The molecule has 3 aromatic carbocycles. The van der Waals surface area contributed by atoms with Crippen LogP contribution in [0.2, 0.25) is 0 Å². The largest absolute Gasteiger partial charge is 0.325 e. The Morgan fingerprint density at radius 2 is 1.53 bits per heavy atom. The van der Waals surface area contributed by atoms with Gasteiger partial charge in [-0.05, 0) is 49.7 Å². The van der Waals surface area contributed by atoms with Crippen molar-refractivity contribution in [2.75, 3.05) is 11.9 Å². The van der Waals surface area contributed by atoms with Crippen LogP contribution in [0.3, 0.4) is 0 Å². The van der Waals surface area contributed by atoms with Crippen molar-refractivity contribution in [1.82, 2.24) is 4.31 Å². The third-order valence-corrected chi connectivity index (χ3v) is 6.37. The lowest BCUT2D eigenvalue weighted by molar-refractivity contribution is -0.116. The number of rotatable bonds is 7. The Hall–Kier alpha value is -3.03. The molecule has 0 bridgehead atoms. The first-order valence-electron chi connectivity index (χ1n) is 9.42. The van der Waals surface area contributed by atoms with Crippen LogP contribution in [-0.4, -0.2) is 25.2 Å². The van der Waals surface area contributed by atoms with E-state index >= 15 is 0 Å². The number of aryl methyl sites for hydroxylation is 2. The fraction of sp³-hybridized carbons (Fsp3) is 0.174. The molecule has 0 aromatic heterocycles. The SMILES string of the molecule is Cc1ccc(CN(CC(=O)Nc2cccc(F)c2)S(=O)(=O)c2ccc(C)cc2)cc1. The molecule has 0 heterocycles. The van der Waals surface area contributed by atoms with Gasteiger partial charge in [0.1, 0.15) is 5.82 Å². The average molecular weight is 427 g/mol. The average Bonchev–Trinajstić information content (AvgIpc) is 2.69. The second-order valence-corrected chi connectivity index (χ2v) is 9.07. The number of amides is 1. The van der Waals surface area contributed by atoms with Gasteiger partial charge in [-0.1, -0.05) is 53.6 Å². The van der Waals surface area contributed by atoms with Crippen molar-refractivity contribution < 1.29 is 17.6 Å². The molecule has 7 heteroatoms. The highest BCUT2D eigenvalue weighted by Gasteiger charge is 2.27. The van der Waals surface area contributed by atoms with E-state index in [-0.39, 0.29) is 17.1 Å². The minimum Gasteiger partial charge on any atom is -0.325 e. The molecular weight excluding hydrogens is 403 g/mol. The van der Waals surface area contributed by atoms with E-state index in [0.717, 1.165) is 21.0 Å². The van der Waals surface area contributed by atoms with E-state index in [2.05, 4.69) is 5.32 Å². The molecule has 3 aromatic rings. The van der Waals surface area contributed by atoms with Gasteiger partial charge in [-0.3, -0.25) is 4.79 Å². The van der Waals surface area contributed by atoms with Gasteiger partial charge >= 0.3 is 0 Å². The lowest BCUT2D eigenvalue weighted by atomic mass is 10.1. The summed E-state index contributed by atoms with van der Waals surface area (Å²) in [4.78, 5) is 12.7. The Bertz CT molecular complexity index is 1130. The number of nitrogens with zero attached hydrogens (tertiary/aromatic N) is 1. The van der Waals surface area contributed by atoms with Gasteiger partial charge in [-0.2, -0.15) is 4.31 Å². The van der Waals surface area contributed by atoms with E-state index in [1.807, 2.05) is 38.1 Å². The van der Waals surface area contributed by atoms with Gasteiger partial charge < -0.3 is 5.32 Å². The van der Waals surface area contributed by atoms with Crippen molar-refractivity contribution in [3.8, 4) is 0 Å². The monoisotopic (exact) mass is 426 g/mol. The molecular formula is C23H23FN2O3S. The minimum atomic E-state index is -3.92. The minimum absolute atomic E-state index is 0.0348.